The van der Waals surface area contributed by atoms with Crippen LogP contribution in [-0.4, -0.2) is 28.3 Å². The number of alkyl halides is 2. The first-order valence-electron chi connectivity index (χ1n) is 10.1. The summed E-state index contributed by atoms with van der Waals surface area (Å²) in [6, 6.07) is 15.7. The molecular weight excluding hydrogens is 416 g/mol. The minimum atomic E-state index is -2.92. The first-order valence-corrected chi connectivity index (χ1v) is 10.1. The zero-order valence-electron chi connectivity index (χ0n) is 17.9. The number of nitrogens with zero attached hydrogens (tertiary/aromatic N) is 2. The number of benzene rings is 2. The average Bonchev–Trinajstić information content (AvgIpc) is 3.14. The lowest BCUT2D eigenvalue weighted by Gasteiger charge is -2.24. The Morgan fingerprint density at radius 2 is 1.84 bits per heavy atom. The van der Waals surface area contributed by atoms with Crippen LogP contribution in [0.3, 0.4) is 0 Å². The smallest absolute Gasteiger partial charge is 0.387 e. The number of rotatable bonds is 7. The van der Waals surface area contributed by atoms with Gasteiger partial charge in [-0.05, 0) is 49.2 Å². The second-order valence-corrected chi connectivity index (χ2v) is 7.87. The summed E-state index contributed by atoms with van der Waals surface area (Å²) in [5.41, 5.74) is 2.96. The van der Waals surface area contributed by atoms with Crippen LogP contribution in [0.4, 0.5) is 8.78 Å². The highest BCUT2D eigenvalue weighted by Crippen LogP contribution is 2.32. The molecule has 0 atom stereocenters. The van der Waals surface area contributed by atoms with Crippen molar-refractivity contribution in [3.63, 3.8) is 0 Å². The highest BCUT2D eigenvalue weighted by Gasteiger charge is 2.28. The molecule has 0 saturated carbocycles. The molecule has 166 valence electrons. The molecule has 0 saturated heterocycles. The lowest BCUT2D eigenvalue weighted by molar-refractivity contribution is -0.0505. The molecule has 1 N–H and O–H groups in total. The van der Waals surface area contributed by atoms with Crippen LogP contribution in [0.5, 0.6) is 5.75 Å². The van der Waals surface area contributed by atoms with E-state index < -0.39 is 12.2 Å². The zero-order valence-corrected chi connectivity index (χ0v) is 17.9. The molecule has 0 bridgehead atoms. The number of halogens is 2. The van der Waals surface area contributed by atoms with E-state index in [1.54, 1.807) is 37.6 Å². The Labute approximate surface area is 183 Å². The standard InChI is InChI=1S/C24H23F2N3O3/c1-24(2,31-3)22-28-18-10-8-15(16-9-11-21(30)27-13-16)12-19(18)29(22)14-17-6-4-5-7-20(17)32-23(25)26/h4-13,23H,14H2,1-3H3,(H,27,30). The first kappa shape index (κ1) is 21.7. The first-order chi connectivity index (χ1) is 15.3. The van der Waals surface area contributed by atoms with Gasteiger partial charge in [-0.25, -0.2) is 4.98 Å². The van der Waals surface area contributed by atoms with Crippen molar-refractivity contribution in [2.45, 2.75) is 32.6 Å². The van der Waals surface area contributed by atoms with E-state index in [2.05, 4.69) is 4.98 Å². The molecule has 0 spiro atoms. The molecule has 2 aromatic heterocycles. The summed E-state index contributed by atoms with van der Waals surface area (Å²) in [4.78, 5) is 18.9. The Balaban J connectivity index is 1.88. The number of hydrogen-bond acceptors (Lipinski definition) is 4. The molecule has 2 heterocycles. The van der Waals surface area contributed by atoms with Crippen LogP contribution in [0, 0.1) is 0 Å². The van der Waals surface area contributed by atoms with Gasteiger partial charge in [-0.15, -0.1) is 0 Å². The largest absolute Gasteiger partial charge is 0.434 e. The SMILES string of the molecule is COC(C)(C)c1nc2ccc(-c3ccc(=O)[nH]c3)cc2n1Cc1ccccc1OC(F)F. The molecule has 32 heavy (non-hydrogen) atoms. The van der Waals surface area contributed by atoms with Crippen molar-refractivity contribution in [2.75, 3.05) is 7.11 Å². The van der Waals surface area contributed by atoms with Crippen molar-refractivity contribution in [1.82, 2.24) is 14.5 Å². The van der Waals surface area contributed by atoms with Crippen molar-refractivity contribution in [3.05, 3.63) is 82.5 Å². The van der Waals surface area contributed by atoms with Crippen molar-refractivity contribution < 1.29 is 18.3 Å². The van der Waals surface area contributed by atoms with Crippen LogP contribution in [0.1, 0.15) is 25.2 Å². The van der Waals surface area contributed by atoms with Gasteiger partial charge in [0.1, 0.15) is 17.2 Å². The molecule has 6 nitrogen and oxygen atoms in total. The van der Waals surface area contributed by atoms with E-state index in [9.17, 15) is 13.6 Å². The normalized spacial score (nSPS) is 11.9. The van der Waals surface area contributed by atoms with Gasteiger partial charge >= 0.3 is 6.61 Å². The molecule has 0 aliphatic heterocycles. The molecule has 8 heteroatoms. The number of imidazole rings is 1. The third kappa shape index (κ3) is 4.27. The molecule has 0 fully saturated rings. The van der Waals surface area contributed by atoms with Gasteiger partial charge in [0.15, 0.2) is 0 Å². The third-order valence-corrected chi connectivity index (χ3v) is 5.43. The lowest BCUT2D eigenvalue weighted by Crippen LogP contribution is -2.25. The van der Waals surface area contributed by atoms with Gasteiger partial charge in [0.25, 0.3) is 0 Å². The number of aromatic nitrogens is 3. The second-order valence-electron chi connectivity index (χ2n) is 7.87. The van der Waals surface area contributed by atoms with Gasteiger partial charge in [0, 0.05) is 24.9 Å². The van der Waals surface area contributed by atoms with Crippen molar-refractivity contribution in [1.29, 1.82) is 0 Å². The maximum atomic E-state index is 12.9. The Morgan fingerprint density at radius 1 is 1.09 bits per heavy atom. The predicted octanol–water partition coefficient (Wildman–Crippen LogP) is 4.92. The summed E-state index contributed by atoms with van der Waals surface area (Å²) in [7, 11) is 1.60. The second kappa shape index (κ2) is 8.55. The molecule has 0 aliphatic rings. The number of nitrogens with one attached hydrogen (secondary N) is 1. The fourth-order valence-electron chi connectivity index (χ4n) is 3.62. The summed E-state index contributed by atoms with van der Waals surface area (Å²) in [6.45, 7) is 1.14. The number of hydrogen-bond donors (Lipinski definition) is 1. The molecule has 4 aromatic rings. The van der Waals surface area contributed by atoms with Crippen LogP contribution < -0.4 is 10.3 Å². The number of pyridine rings is 1. The summed E-state index contributed by atoms with van der Waals surface area (Å²) in [6.07, 6.45) is 1.65. The van der Waals surface area contributed by atoms with Gasteiger partial charge in [0.05, 0.1) is 17.6 Å². The quantitative estimate of drug-likeness (QED) is 0.444. The van der Waals surface area contributed by atoms with Gasteiger partial charge in [-0.2, -0.15) is 8.78 Å². The topological polar surface area (TPSA) is 69.1 Å². The highest BCUT2D eigenvalue weighted by molar-refractivity contribution is 5.83. The molecule has 0 amide bonds. The van der Waals surface area contributed by atoms with E-state index in [0.717, 1.165) is 22.2 Å². The number of fused-ring (bicyclic) bond motifs is 1. The van der Waals surface area contributed by atoms with Crippen molar-refractivity contribution in [2.24, 2.45) is 0 Å². The molecule has 0 radical (unpaired) electrons. The molecule has 0 unspecified atom stereocenters. The predicted molar refractivity (Wildman–Crippen MR) is 118 cm³/mol. The third-order valence-electron chi connectivity index (χ3n) is 5.43. The number of ether oxygens (including phenoxy) is 2. The number of aromatic amines is 1. The summed E-state index contributed by atoms with van der Waals surface area (Å²) >= 11 is 0. The zero-order chi connectivity index (χ0) is 22.9. The van der Waals surface area contributed by atoms with Crippen LogP contribution in [-0.2, 0) is 16.9 Å². The van der Waals surface area contributed by atoms with Crippen LogP contribution in [0.15, 0.2) is 65.6 Å². The van der Waals surface area contributed by atoms with Crippen LogP contribution in [0.25, 0.3) is 22.2 Å². The Hall–Kier alpha value is -3.52. The Kier molecular flexibility index (Phi) is 5.80. The van der Waals surface area contributed by atoms with Crippen LogP contribution in [0.2, 0.25) is 0 Å². The van der Waals surface area contributed by atoms with E-state index in [1.165, 1.54) is 12.1 Å². The number of methoxy groups -OCH3 is 1. The van der Waals surface area contributed by atoms with Gasteiger partial charge in [0.2, 0.25) is 5.56 Å². The minimum absolute atomic E-state index is 0.113. The lowest BCUT2D eigenvalue weighted by atomic mass is 10.1. The average molecular weight is 439 g/mol. The number of H-pyrrole nitrogens is 1. The Bertz CT molecular complexity index is 1290. The van der Waals surface area contributed by atoms with E-state index in [0.29, 0.717) is 11.4 Å². The monoisotopic (exact) mass is 439 g/mol. The van der Waals surface area contributed by atoms with Crippen molar-refractivity contribution >= 4 is 11.0 Å². The van der Waals surface area contributed by atoms with Crippen molar-refractivity contribution in [3.8, 4) is 16.9 Å². The van der Waals surface area contributed by atoms with Gasteiger partial charge in [-0.3, -0.25) is 4.79 Å². The van der Waals surface area contributed by atoms with E-state index in [-0.39, 0.29) is 17.9 Å². The summed E-state index contributed by atoms with van der Waals surface area (Å²) in [5, 5.41) is 0. The fraction of sp³-hybridized carbons (Fsp3) is 0.250. The highest BCUT2D eigenvalue weighted by atomic mass is 19.3. The minimum Gasteiger partial charge on any atom is -0.434 e. The summed E-state index contributed by atoms with van der Waals surface area (Å²) in [5.74, 6) is 0.766. The molecular formula is C24H23F2N3O3. The summed E-state index contributed by atoms with van der Waals surface area (Å²) < 4.78 is 38.2. The van der Waals surface area contributed by atoms with E-state index in [4.69, 9.17) is 14.5 Å². The molecule has 2 aromatic carbocycles. The molecule has 0 aliphatic carbocycles. The van der Waals surface area contributed by atoms with E-state index in [1.807, 2.05) is 36.6 Å². The maximum absolute atomic E-state index is 12.9. The van der Waals surface area contributed by atoms with Crippen LogP contribution >= 0.6 is 0 Å². The molecule has 4 rings (SSSR count). The fourth-order valence-corrected chi connectivity index (χ4v) is 3.62. The maximum Gasteiger partial charge on any atom is 0.387 e. The number of para-hydroxylation sites is 1. The van der Waals surface area contributed by atoms with E-state index >= 15 is 0 Å². The van der Waals surface area contributed by atoms with Gasteiger partial charge < -0.3 is 19.0 Å². The van der Waals surface area contributed by atoms with Gasteiger partial charge in [-0.1, -0.05) is 24.3 Å². The Morgan fingerprint density at radius 3 is 2.53 bits per heavy atom.